The molecule has 1 heterocycles. The summed E-state index contributed by atoms with van der Waals surface area (Å²) in [5.74, 6) is -1.27. The maximum atomic E-state index is 13.6. The Kier molecular flexibility index (Phi) is 6.26. The first-order valence-electron chi connectivity index (χ1n) is 9.40. The second kappa shape index (κ2) is 8.71. The second-order valence-corrected chi connectivity index (χ2v) is 8.61. The Morgan fingerprint density at radius 2 is 1.83 bits per heavy atom. The third-order valence-electron chi connectivity index (χ3n) is 4.27. The van der Waals surface area contributed by atoms with Gasteiger partial charge in [-0.15, -0.1) is 5.10 Å². The molecule has 1 atom stereocenters. The van der Waals surface area contributed by atoms with E-state index in [0.717, 1.165) is 17.1 Å². The van der Waals surface area contributed by atoms with Crippen LogP contribution in [0.5, 0.6) is 0 Å². The molecule has 1 aromatic heterocycles. The van der Waals surface area contributed by atoms with Gasteiger partial charge in [-0.05, 0) is 74.6 Å². The molecule has 0 spiro atoms. The highest BCUT2D eigenvalue weighted by atomic mass is 32.1. The third-order valence-corrected chi connectivity index (χ3v) is 4.77. The molecule has 2 amide bonds. The molecule has 2 aromatic carbocycles. The smallest absolute Gasteiger partial charge is 0.280 e. The molecule has 0 aliphatic rings. The van der Waals surface area contributed by atoms with E-state index >= 15 is 0 Å². The van der Waals surface area contributed by atoms with Gasteiger partial charge in [0.2, 0.25) is 5.91 Å². The van der Waals surface area contributed by atoms with Crippen molar-refractivity contribution < 1.29 is 14.0 Å². The maximum absolute atomic E-state index is 13.6. The highest BCUT2D eigenvalue weighted by Gasteiger charge is 2.35. The molecule has 6 nitrogen and oxygen atoms in total. The van der Waals surface area contributed by atoms with Crippen LogP contribution < -0.4 is 10.2 Å². The molecule has 0 saturated carbocycles. The molecule has 0 aliphatic heterocycles. The maximum Gasteiger partial charge on any atom is 0.280 e. The summed E-state index contributed by atoms with van der Waals surface area (Å²) < 4.78 is 17.4. The summed E-state index contributed by atoms with van der Waals surface area (Å²) in [6.07, 6.45) is 0. The van der Waals surface area contributed by atoms with E-state index in [1.165, 1.54) is 34.5 Å². The third kappa shape index (κ3) is 5.07. The second-order valence-electron chi connectivity index (χ2n) is 8.00. The minimum atomic E-state index is -1.03. The fraction of sp³-hybridized carbons (Fsp3) is 0.273. The van der Waals surface area contributed by atoms with E-state index in [1.807, 2.05) is 45.9 Å². The first-order chi connectivity index (χ1) is 14.2. The number of benzene rings is 2. The highest BCUT2D eigenvalue weighted by molar-refractivity contribution is 7.03. The Bertz CT molecular complexity index is 1030. The monoisotopic (exact) mass is 426 g/mol. The lowest BCUT2D eigenvalue weighted by molar-refractivity contribution is -0.123. The molecular formula is C22H23FN4O2S. The standard InChI is InChI=1S/C22H23FN4O2S/c1-14-6-5-7-17(12-14)27(21(29)18-13-30-26-25-18)19(20(28)24-22(2,3)4)15-8-10-16(23)11-9-15/h5-13,19H,1-4H3,(H,24,28)/t19-/m0/s1. The van der Waals surface area contributed by atoms with Crippen LogP contribution in [0.4, 0.5) is 10.1 Å². The van der Waals surface area contributed by atoms with Crippen LogP contribution >= 0.6 is 11.5 Å². The summed E-state index contributed by atoms with van der Waals surface area (Å²) in [6, 6.07) is 11.8. The summed E-state index contributed by atoms with van der Waals surface area (Å²) in [6.45, 7) is 7.47. The number of anilines is 1. The number of aryl methyl sites for hydroxylation is 1. The van der Waals surface area contributed by atoms with Gasteiger partial charge >= 0.3 is 0 Å². The number of hydrogen-bond acceptors (Lipinski definition) is 5. The zero-order chi connectivity index (χ0) is 21.9. The van der Waals surface area contributed by atoms with Crippen LogP contribution in [0.3, 0.4) is 0 Å². The van der Waals surface area contributed by atoms with Crippen molar-refractivity contribution in [3.8, 4) is 0 Å². The summed E-state index contributed by atoms with van der Waals surface area (Å²) in [5, 5.41) is 8.37. The van der Waals surface area contributed by atoms with Crippen LogP contribution in [-0.4, -0.2) is 26.9 Å². The predicted molar refractivity (Wildman–Crippen MR) is 115 cm³/mol. The van der Waals surface area contributed by atoms with Crippen LogP contribution in [0, 0.1) is 12.7 Å². The molecule has 1 N–H and O–H groups in total. The SMILES string of the molecule is Cc1cccc(N(C(=O)c2csnn2)[C@H](C(=O)NC(C)(C)C)c2ccc(F)cc2)c1. The summed E-state index contributed by atoms with van der Waals surface area (Å²) >= 11 is 1.05. The van der Waals surface area contributed by atoms with Crippen LogP contribution in [-0.2, 0) is 4.79 Å². The number of rotatable bonds is 5. The van der Waals surface area contributed by atoms with Gasteiger partial charge in [0, 0.05) is 16.6 Å². The van der Waals surface area contributed by atoms with Crippen molar-refractivity contribution in [3.05, 3.63) is 76.5 Å². The molecule has 3 rings (SSSR count). The summed E-state index contributed by atoms with van der Waals surface area (Å²) in [5.41, 5.74) is 1.55. The summed E-state index contributed by atoms with van der Waals surface area (Å²) in [7, 11) is 0. The molecule has 0 bridgehead atoms. The highest BCUT2D eigenvalue weighted by Crippen LogP contribution is 2.31. The molecule has 3 aromatic rings. The molecule has 0 saturated heterocycles. The van der Waals surface area contributed by atoms with Gasteiger partial charge in [0.1, 0.15) is 11.9 Å². The number of hydrogen-bond donors (Lipinski definition) is 1. The van der Waals surface area contributed by atoms with Gasteiger partial charge in [0.25, 0.3) is 5.91 Å². The zero-order valence-corrected chi connectivity index (χ0v) is 18.0. The van der Waals surface area contributed by atoms with E-state index in [0.29, 0.717) is 11.3 Å². The Morgan fingerprint density at radius 3 is 2.40 bits per heavy atom. The minimum Gasteiger partial charge on any atom is -0.349 e. The molecule has 8 heteroatoms. The van der Waals surface area contributed by atoms with Gasteiger partial charge < -0.3 is 5.32 Å². The summed E-state index contributed by atoms with van der Waals surface area (Å²) in [4.78, 5) is 28.2. The molecule has 0 radical (unpaired) electrons. The van der Waals surface area contributed by atoms with Crippen molar-refractivity contribution in [2.75, 3.05) is 4.90 Å². The van der Waals surface area contributed by atoms with Crippen LogP contribution in [0.15, 0.2) is 53.9 Å². The molecular weight excluding hydrogens is 403 g/mol. The van der Waals surface area contributed by atoms with Crippen molar-refractivity contribution in [1.82, 2.24) is 14.9 Å². The van der Waals surface area contributed by atoms with Gasteiger partial charge in [-0.1, -0.05) is 28.8 Å². The van der Waals surface area contributed by atoms with Gasteiger partial charge in [-0.2, -0.15) is 0 Å². The van der Waals surface area contributed by atoms with Gasteiger partial charge in [0.15, 0.2) is 5.69 Å². The van der Waals surface area contributed by atoms with Crippen molar-refractivity contribution in [2.24, 2.45) is 0 Å². The molecule has 0 unspecified atom stereocenters. The van der Waals surface area contributed by atoms with Gasteiger partial charge in [-0.25, -0.2) is 4.39 Å². The number of amides is 2. The lowest BCUT2D eigenvalue weighted by Gasteiger charge is -2.33. The number of halogens is 1. The van der Waals surface area contributed by atoms with Crippen molar-refractivity contribution in [2.45, 2.75) is 39.3 Å². The van der Waals surface area contributed by atoms with Gasteiger partial charge in [0.05, 0.1) is 0 Å². The van der Waals surface area contributed by atoms with Crippen molar-refractivity contribution >= 4 is 29.0 Å². The van der Waals surface area contributed by atoms with Gasteiger partial charge in [-0.3, -0.25) is 14.5 Å². The number of carbonyl (C=O) groups excluding carboxylic acids is 2. The normalized spacial score (nSPS) is 12.3. The van der Waals surface area contributed by atoms with Crippen LogP contribution in [0.2, 0.25) is 0 Å². The average molecular weight is 427 g/mol. The first kappa shape index (κ1) is 21.6. The number of nitrogens with zero attached hydrogens (tertiary/aromatic N) is 3. The fourth-order valence-corrected chi connectivity index (χ4v) is 3.47. The van der Waals surface area contributed by atoms with Crippen LogP contribution in [0.1, 0.15) is 48.4 Å². The molecule has 156 valence electrons. The Balaban J connectivity index is 2.18. The molecule has 0 fully saturated rings. The largest absolute Gasteiger partial charge is 0.349 e. The number of aromatic nitrogens is 2. The van der Waals surface area contributed by atoms with Crippen molar-refractivity contribution in [3.63, 3.8) is 0 Å². The minimum absolute atomic E-state index is 0.136. The molecule has 0 aliphatic carbocycles. The van der Waals surface area contributed by atoms with E-state index in [9.17, 15) is 14.0 Å². The predicted octanol–water partition coefficient (Wildman–Crippen LogP) is 4.29. The van der Waals surface area contributed by atoms with Crippen LogP contribution in [0.25, 0.3) is 0 Å². The number of carbonyl (C=O) groups is 2. The fourth-order valence-electron chi connectivity index (χ4n) is 3.04. The first-order valence-corrected chi connectivity index (χ1v) is 10.2. The van der Waals surface area contributed by atoms with E-state index in [1.54, 1.807) is 6.07 Å². The Hall–Kier alpha value is -3.13. The quantitative estimate of drug-likeness (QED) is 0.660. The lowest BCUT2D eigenvalue weighted by atomic mass is 10.00. The topological polar surface area (TPSA) is 75.2 Å². The average Bonchev–Trinajstić information content (AvgIpc) is 3.20. The zero-order valence-electron chi connectivity index (χ0n) is 17.2. The van der Waals surface area contributed by atoms with E-state index in [4.69, 9.17) is 0 Å². The number of nitrogens with one attached hydrogen (secondary N) is 1. The van der Waals surface area contributed by atoms with Crippen molar-refractivity contribution in [1.29, 1.82) is 0 Å². The lowest BCUT2D eigenvalue weighted by Crippen LogP contribution is -2.49. The Morgan fingerprint density at radius 1 is 1.13 bits per heavy atom. The Labute approximate surface area is 178 Å². The van der Waals surface area contributed by atoms with E-state index in [-0.39, 0.29) is 11.6 Å². The van der Waals surface area contributed by atoms with E-state index in [2.05, 4.69) is 14.9 Å². The van der Waals surface area contributed by atoms with E-state index < -0.39 is 23.3 Å². The molecule has 30 heavy (non-hydrogen) atoms.